The second kappa shape index (κ2) is 3.69. The molecule has 0 fully saturated rings. The molecule has 5 heteroatoms. The molecular weight excluding hydrogens is 208 g/mol. The van der Waals surface area contributed by atoms with E-state index in [1.165, 1.54) is 10.9 Å². The van der Waals surface area contributed by atoms with Crippen LogP contribution in [0.4, 0.5) is 0 Å². The first kappa shape index (κ1) is 10.2. The van der Waals surface area contributed by atoms with Gasteiger partial charge in [0.25, 0.3) is 0 Å². The molecule has 0 saturated carbocycles. The number of nitrogens with zero attached hydrogens (tertiary/aromatic N) is 1. The number of benzene rings is 1. The van der Waals surface area contributed by atoms with Crippen molar-refractivity contribution in [3.05, 3.63) is 46.2 Å². The molecule has 0 aliphatic carbocycles. The number of rotatable bonds is 2. The minimum Gasteiger partial charge on any atom is -0.477 e. The molecule has 5 nitrogen and oxygen atoms in total. The lowest BCUT2D eigenvalue weighted by Crippen LogP contribution is -2.21. The highest BCUT2D eigenvalue weighted by molar-refractivity contribution is 5.92. The van der Waals surface area contributed by atoms with Gasteiger partial charge in [0.15, 0.2) is 0 Å². The van der Waals surface area contributed by atoms with Crippen molar-refractivity contribution in [2.24, 2.45) is 0 Å². The van der Waals surface area contributed by atoms with Gasteiger partial charge in [0.1, 0.15) is 5.56 Å². The Morgan fingerprint density at radius 3 is 2.69 bits per heavy atom. The highest BCUT2D eigenvalue weighted by Gasteiger charge is 2.13. The smallest absolute Gasteiger partial charge is 0.341 e. The molecule has 82 valence electrons. The number of fused-ring (bicyclic) bond motifs is 1. The van der Waals surface area contributed by atoms with Crippen molar-refractivity contribution >= 4 is 16.9 Å². The van der Waals surface area contributed by atoms with Gasteiger partial charge in [-0.2, -0.15) is 0 Å². The summed E-state index contributed by atoms with van der Waals surface area (Å²) in [5.41, 5.74) is 2.75. The van der Waals surface area contributed by atoms with Crippen LogP contribution < -0.4 is 10.9 Å². The van der Waals surface area contributed by atoms with Gasteiger partial charge in [-0.1, -0.05) is 12.1 Å². The lowest BCUT2D eigenvalue weighted by atomic mass is 10.1. The topological polar surface area (TPSA) is 71.3 Å². The van der Waals surface area contributed by atoms with Crippen LogP contribution in [0.1, 0.15) is 10.4 Å². The van der Waals surface area contributed by atoms with E-state index in [1.54, 1.807) is 31.3 Å². The summed E-state index contributed by atoms with van der Waals surface area (Å²) in [5.74, 6) is -1.22. The second-order valence-corrected chi connectivity index (χ2v) is 3.29. The quantitative estimate of drug-likeness (QED) is 0.784. The van der Waals surface area contributed by atoms with E-state index < -0.39 is 11.4 Å². The molecule has 0 saturated heterocycles. The van der Waals surface area contributed by atoms with Gasteiger partial charge in [0, 0.05) is 18.6 Å². The highest BCUT2D eigenvalue weighted by Crippen LogP contribution is 2.09. The summed E-state index contributed by atoms with van der Waals surface area (Å²) in [7, 11) is 1.66. The van der Waals surface area contributed by atoms with Crippen LogP contribution in [0.2, 0.25) is 0 Å². The largest absolute Gasteiger partial charge is 0.477 e. The zero-order valence-corrected chi connectivity index (χ0v) is 8.60. The summed E-state index contributed by atoms with van der Waals surface area (Å²) in [6, 6.07) is 6.85. The number of pyridine rings is 1. The molecule has 1 aromatic heterocycles. The number of aromatic carboxylic acids is 1. The SMILES string of the molecule is CNn1cc(C(=O)O)c(=O)c2ccccc21. The summed E-state index contributed by atoms with van der Waals surface area (Å²) >= 11 is 0. The van der Waals surface area contributed by atoms with Gasteiger partial charge in [-0.3, -0.25) is 9.47 Å². The van der Waals surface area contributed by atoms with Gasteiger partial charge in [-0.05, 0) is 12.1 Å². The van der Waals surface area contributed by atoms with E-state index in [0.29, 0.717) is 10.9 Å². The molecule has 1 aromatic carbocycles. The van der Waals surface area contributed by atoms with Crippen molar-refractivity contribution in [1.29, 1.82) is 0 Å². The molecular formula is C11H10N2O3. The van der Waals surface area contributed by atoms with Crippen molar-refractivity contribution in [2.45, 2.75) is 0 Å². The molecule has 0 unspecified atom stereocenters. The molecule has 2 aromatic rings. The number of carboxylic acids is 1. The number of aromatic nitrogens is 1. The lowest BCUT2D eigenvalue weighted by molar-refractivity contribution is 0.0695. The Labute approximate surface area is 90.9 Å². The van der Waals surface area contributed by atoms with Crippen LogP contribution in [0.15, 0.2) is 35.3 Å². The number of carbonyl (C=O) groups is 1. The predicted molar refractivity (Wildman–Crippen MR) is 60.5 cm³/mol. The summed E-state index contributed by atoms with van der Waals surface area (Å²) in [5, 5.41) is 9.29. The fraction of sp³-hybridized carbons (Fsp3) is 0.0909. The van der Waals surface area contributed by atoms with Crippen molar-refractivity contribution in [2.75, 3.05) is 12.5 Å². The second-order valence-electron chi connectivity index (χ2n) is 3.29. The van der Waals surface area contributed by atoms with Gasteiger partial charge >= 0.3 is 5.97 Å². The molecule has 1 heterocycles. The first-order chi connectivity index (χ1) is 7.65. The predicted octanol–water partition coefficient (Wildman–Crippen LogP) is 0.873. The number of carboxylic acid groups (broad SMARTS) is 1. The molecule has 0 spiro atoms. The van der Waals surface area contributed by atoms with Gasteiger partial charge in [-0.25, -0.2) is 4.79 Å². The molecule has 0 bridgehead atoms. The Bertz CT molecular complexity index is 616. The normalized spacial score (nSPS) is 10.3. The van der Waals surface area contributed by atoms with E-state index >= 15 is 0 Å². The van der Waals surface area contributed by atoms with E-state index in [-0.39, 0.29) is 5.56 Å². The van der Waals surface area contributed by atoms with Gasteiger partial charge in [-0.15, -0.1) is 0 Å². The van der Waals surface area contributed by atoms with Crippen LogP contribution in [-0.4, -0.2) is 22.8 Å². The first-order valence-corrected chi connectivity index (χ1v) is 4.70. The van der Waals surface area contributed by atoms with E-state index in [4.69, 9.17) is 5.11 Å². The maximum absolute atomic E-state index is 11.8. The monoisotopic (exact) mass is 218 g/mol. The molecule has 2 rings (SSSR count). The van der Waals surface area contributed by atoms with Gasteiger partial charge in [0.05, 0.1) is 5.52 Å². The van der Waals surface area contributed by atoms with Crippen LogP contribution >= 0.6 is 0 Å². The fourth-order valence-corrected chi connectivity index (χ4v) is 1.62. The van der Waals surface area contributed by atoms with Crippen LogP contribution in [0.25, 0.3) is 10.9 Å². The van der Waals surface area contributed by atoms with Crippen molar-refractivity contribution in [3.8, 4) is 0 Å². The van der Waals surface area contributed by atoms with Crippen LogP contribution in [0, 0.1) is 0 Å². The number of hydrogen-bond donors (Lipinski definition) is 2. The van der Waals surface area contributed by atoms with Gasteiger partial charge in [0.2, 0.25) is 5.43 Å². The third kappa shape index (κ3) is 1.42. The minimum atomic E-state index is -1.22. The zero-order valence-electron chi connectivity index (χ0n) is 8.60. The summed E-state index contributed by atoms with van der Waals surface area (Å²) in [6.45, 7) is 0. The van der Waals surface area contributed by atoms with Crippen molar-refractivity contribution in [3.63, 3.8) is 0 Å². The average molecular weight is 218 g/mol. The molecule has 0 aliphatic rings. The average Bonchev–Trinajstić information content (AvgIpc) is 2.29. The number of hydrogen-bond acceptors (Lipinski definition) is 3. The van der Waals surface area contributed by atoms with E-state index in [2.05, 4.69) is 5.43 Å². The highest BCUT2D eigenvalue weighted by atomic mass is 16.4. The molecule has 2 N–H and O–H groups in total. The third-order valence-electron chi connectivity index (χ3n) is 2.38. The van der Waals surface area contributed by atoms with Crippen molar-refractivity contribution < 1.29 is 9.90 Å². The van der Waals surface area contributed by atoms with Crippen LogP contribution in [0.5, 0.6) is 0 Å². The Balaban J connectivity index is 2.94. The Morgan fingerprint density at radius 1 is 1.38 bits per heavy atom. The number of nitrogens with one attached hydrogen (secondary N) is 1. The molecule has 0 aliphatic heterocycles. The minimum absolute atomic E-state index is 0.243. The Kier molecular flexibility index (Phi) is 2.36. The van der Waals surface area contributed by atoms with E-state index in [1.807, 2.05) is 0 Å². The summed E-state index contributed by atoms with van der Waals surface area (Å²) in [6.07, 6.45) is 1.28. The Hall–Kier alpha value is -2.30. The fourth-order valence-electron chi connectivity index (χ4n) is 1.62. The molecule has 16 heavy (non-hydrogen) atoms. The van der Waals surface area contributed by atoms with E-state index in [0.717, 1.165) is 0 Å². The number of para-hydroxylation sites is 1. The zero-order chi connectivity index (χ0) is 11.7. The molecule has 0 amide bonds. The maximum Gasteiger partial charge on any atom is 0.341 e. The molecule has 0 radical (unpaired) electrons. The molecule has 0 atom stereocenters. The van der Waals surface area contributed by atoms with Crippen LogP contribution in [-0.2, 0) is 0 Å². The summed E-state index contributed by atoms with van der Waals surface area (Å²) in [4.78, 5) is 22.7. The first-order valence-electron chi connectivity index (χ1n) is 4.70. The van der Waals surface area contributed by atoms with Crippen molar-refractivity contribution in [1.82, 2.24) is 4.68 Å². The Morgan fingerprint density at radius 2 is 2.06 bits per heavy atom. The van der Waals surface area contributed by atoms with Crippen LogP contribution in [0.3, 0.4) is 0 Å². The third-order valence-corrected chi connectivity index (χ3v) is 2.38. The lowest BCUT2D eigenvalue weighted by Gasteiger charge is -2.10. The van der Waals surface area contributed by atoms with Gasteiger partial charge < -0.3 is 10.5 Å². The maximum atomic E-state index is 11.8. The standard InChI is InChI=1S/C11H10N2O3/c1-12-13-6-8(11(15)16)10(14)7-4-2-3-5-9(7)13/h2-6,12H,1H3,(H,15,16). The summed E-state index contributed by atoms with van der Waals surface area (Å²) < 4.78 is 1.51. The van der Waals surface area contributed by atoms with E-state index in [9.17, 15) is 9.59 Å².